The zero-order valence-corrected chi connectivity index (χ0v) is 9.87. The van der Waals surface area contributed by atoms with Gasteiger partial charge >= 0.3 is 0 Å². The van der Waals surface area contributed by atoms with Crippen molar-refractivity contribution in [3.8, 4) is 11.5 Å². The fourth-order valence-electron chi connectivity index (χ4n) is 1.76. The second-order valence-corrected chi connectivity index (χ2v) is 4.22. The summed E-state index contributed by atoms with van der Waals surface area (Å²) >= 11 is 5.84. The zero-order valence-electron chi connectivity index (χ0n) is 9.11. The molecule has 5 nitrogen and oxygen atoms in total. The minimum Gasteiger partial charge on any atom is -0.504 e. The number of piperazine rings is 1. The molecule has 1 aromatic rings. The number of benzene rings is 1. The van der Waals surface area contributed by atoms with Crippen molar-refractivity contribution in [2.24, 2.45) is 0 Å². The maximum absolute atomic E-state index is 12.1. The van der Waals surface area contributed by atoms with E-state index in [1.807, 2.05) is 0 Å². The predicted molar refractivity (Wildman–Crippen MR) is 63.6 cm³/mol. The second kappa shape index (κ2) is 4.81. The molecule has 1 aromatic carbocycles. The molecule has 0 aliphatic carbocycles. The highest BCUT2D eigenvalue weighted by Gasteiger charge is 2.22. The average Bonchev–Trinajstić information content (AvgIpc) is 2.36. The molecule has 0 radical (unpaired) electrons. The zero-order chi connectivity index (χ0) is 12.4. The summed E-state index contributed by atoms with van der Waals surface area (Å²) in [6, 6.07) is 2.68. The van der Waals surface area contributed by atoms with Crippen molar-refractivity contribution in [2.45, 2.75) is 0 Å². The Kier molecular flexibility index (Phi) is 3.40. The van der Waals surface area contributed by atoms with Crippen molar-refractivity contribution in [1.29, 1.82) is 0 Å². The number of carbonyl (C=O) groups is 1. The van der Waals surface area contributed by atoms with E-state index in [2.05, 4.69) is 5.32 Å². The van der Waals surface area contributed by atoms with Gasteiger partial charge in [0.2, 0.25) is 0 Å². The van der Waals surface area contributed by atoms with Gasteiger partial charge in [-0.3, -0.25) is 4.79 Å². The summed E-state index contributed by atoms with van der Waals surface area (Å²) in [7, 11) is 0. The van der Waals surface area contributed by atoms with Crippen LogP contribution in [0.25, 0.3) is 0 Å². The third kappa shape index (κ3) is 2.30. The summed E-state index contributed by atoms with van der Waals surface area (Å²) in [5, 5.41) is 21.8. The molecule has 1 fully saturated rings. The Morgan fingerprint density at radius 2 is 1.94 bits per heavy atom. The monoisotopic (exact) mass is 256 g/mol. The molecule has 0 bridgehead atoms. The number of carbonyl (C=O) groups excluding carboxylic acids is 1. The molecule has 1 aliphatic rings. The van der Waals surface area contributed by atoms with E-state index in [-0.39, 0.29) is 22.2 Å². The molecule has 6 heteroatoms. The number of phenolic OH excluding ortho intramolecular Hbond substituents is 2. The maximum atomic E-state index is 12.1. The van der Waals surface area contributed by atoms with Gasteiger partial charge in [0.1, 0.15) is 0 Å². The number of hydrogen-bond acceptors (Lipinski definition) is 4. The first kappa shape index (κ1) is 12.0. The Labute approximate surface area is 104 Å². The van der Waals surface area contributed by atoms with Crippen molar-refractivity contribution in [3.63, 3.8) is 0 Å². The molecule has 17 heavy (non-hydrogen) atoms. The first-order valence-electron chi connectivity index (χ1n) is 5.31. The Balaban J connectivity index is 2.27. The number of hydrogen-bond donors (Lipinski definition) is 3. The Morgan fingerprint density at radius 1 is 1.29 bits per heavy atom. The lowest BCUT2D eigenvalue weighted by Crippen LogP contribution is -2.46. The van der Waals surface area contributed by atoms with Gasteiger partial charge in [-0.1, -0.05) is 11.6 Å². The van der Waals surface area contributed by atoms with Crippen molar-refractivity contribution < 1.29 is 15.0 Å². The lowest BCUT2D eigenvalue weighted by atomic mass is 10.1. The molecule has 1 saturated heterocycles. The van der Waals surface area contributed by atoms with E-state index in [4.69, 9.17) is 11.6 Å². The molecule has 1 heterocycles. The molecule has 0 unspecified atom stereocenters. The van der Waals surface area contributed by atoms with Crippen LogP contribution in [0.2, 0.25) is 5.02 Å². The van der Waals surface area contributed by atoms with Gasteiger partial charge in [-0.05, 0) is 12.1 Å². The molecule has 2 rings (SSSR count). The molecule has 1 amide bonds. The average molecular weight is 257 g/mol. The van der Waals surface area contributed by atoms with Crippen molar-refractivity contribution >= 4 is 17.5 Å². The summed E-state index contributed by atoms with van der Waals surface area (Å²) in [5.74, 6) is -1.01. The van der Waals surface area contributed by atoms with E-state index in [1.165, 1.54) is 12.1 Å². The first-order chi connectivity index (χ1) is 8.11. The first-order valence-corrected chi connectivity index (χ1v) is 5.69. The van der Waals surface area contributed by atoms with Gasteiger partial charge in [-0.15, -0.1) is 0 Å². The molecular weight excluding hydrogens is 244 g/mol. The summed E-state index contributed by atoms with van der Waals surface area (Å²) in [5.41, 5.74) is 0.212. The van der Waals surface area contributed by atoms with Crippen LogP contribution in [0.5, 0.6) is 11.5 Å². The summed E-state index contributed by atoms with van der Waals surface area (Å²) in [6.45, 7) is 2.70. The van der Waals surface area contributed by atoms with Gasteiger partial charge in [-0.2, -0.15) is 0 Å². The van der Waals surface area contributed by atoms with Crippen LogP contribution in [0.15, 0.2) is 12.1 Å². The molecule has 0 aromatic heterocycles. The number of rotatable bonds is 1. The normalized spacial score (nSPS) is 15.9. The quantitative estimate of drug-likeness (QED) is 0.650. The van der Waals surface area contributed by atoms with E-state index >= 15 is 0 Å². The van der Waals surface area contributed by atoms with Crippen LogP contribution in [-0.2, 0) is 0 Å². The summed E-state index contributed by atoms with van der Waals surface area (Å²) in [6.07, 6.45) is 0. The molecule has 92 valence electrons. The number of phenols is 2. The fraction of sp³-hybridized carbons (Fsp3) is 0.364. The molecule has 0 spiro atoms. The van der Waals surface area contributed by atoms with Crippen LogP contribution in [0.1, 0.15) is 10.4 Å². The standard InChI is InChI=1S/C11H13ClN2O3/c12-9-7(1-2-8(15)10(9)16)11(17)14-5-3-13-4-6-14/h1-2,13,15-16H,3-6H2. The molecule has 1 aliphatic heterocycles. The minimum absolute atomic E-state index is 0.103. The highest BCUT2D eigenvalue weighted by atomic mass is 35.5. The number of amides is 1. The van der Waals surface area contributed by atoms with Crippen molar-refractivity contribution in [2.75, 3.05) is 26.2 Å². The van der Waals surface area contributed by atoms with E-state index in [1.54, 1.807) is 4.90 Å². The fourth-order valence-corrected chi connectivity index (χ4v) is 2.00. The van der Waals surface area contributed by atoms with Crippen molar-refractivity contribution in [3.05, 3.63) is 22.7 Å². The van der Waals surface area contributed by atoms with Crippen LogP contribution in [-0.4, -0.2) is 47.2 Å². The lowest BCUT2D eigenvalue weighted by molar-refractivity contribution is 0.0735. The van der Waals surface area contributed by atoms with Crippen LogP contribution < -0.4 is 5.32 Å². The summed E-state index contributed by atoms with van der Waals surface area (Å²) in [4.78, 5) is 13.8. The molecular formula is C11H13ClN2O3. The molecule has 0 saturated carbocycles. The van der Waals surface area contributed by atoms with Gasteiger partial charge in [0.15, 0.2) is 11.5 Å². The predicted octanol–water partition coefficient (Wildman–Crippen LogP) is 0.797. The van der Waals surface area contributed by atoms with Gasteiger partial charge in [0.05, 0.1) is 10.6 Å². The smallest absolute Gasteiger partial charge is 0.255 e. The highest BCUT2D eigenvalue weighted by Crippen LogP contribution is 2.35. The van der Waals surface area contributed by atoms with E-state index in [0.717, 1.165) is 13.1 Å². The van der Waals surface area contributed by atoms with Crippen molar-refractivity contribution in [1.82, 2.24) is 10.2 Å². The SMILES string of the molecule is O=C(c1ccc(O)c(O)c1Cl)N1CCNCC1. The Morgan fingerprint density at radius 3 is 2.59 bits per heavy atom. The lowest BCUT2D eigenvalue weighted by Gasteiger charge is -2.27. The van der Waals surface area contributed by atoms with Gasteiger partial charge in [0, 0.05) is 26.2 Å². The Hall–Kier alpha value is -1.46. The van der Waals surface area contributed by atoms with E-state index in [0.29, 0.717) is 13.1 Å². The molecule has 3 N–H and O–H groups in total. The third-order valence-electron chi connectivity index (χ3n) is 2.73. The van der Waals surface area contributed by atoms with Crippen LogP contribution >= 0.6 is 11.6 Å². The van der Waals surface area contributed by atoms with Gasteiger partial charge in [-0.25, -0.2) is 0 Å². The van der Waals surface area contributed by atoms with E-state index < -0.39 is 5.75 Å². The number of nitrogens with zero attached hydrogens (tertiary/aromatic N) is 1. The van der Waals surface area contributed by atoms with Crippen LogP contribution in [0.4, 0.5) is 0 Å². The minimum atomic E-state index is -0.451. The number of halogens is 1. The Bertz CT molecular complexity index is 445. The van der Waals surface area contributed by atoms with E-state index in [9.17, 15) is 15.0 Å². The topological polar surface area (TPSA) is 72.8 Å². The number of nitrogens with one attached hydrogen (secondary N) is 1. The van der Waals surface area contributed by atoms with Crippen LogP contribution in [0, 0.1) is 0 Å². The maximum Gasteiger partial charge on any atom is 0.255 e. The van der Waals surface area contributed by atoms with Gasteiger partial charge in [0.25, 0.3) is 5.91 Å². The third-order valence-corrected chi connectivity index (χ3v) is 3.11. The number of aromatic hydroxyl groups is 2. The van der Waals surface area contributed by atoms with Gasteiger partial charge < -0.3 is 20.4 Å². The van der Waals surface area contributed by atoms with Crippen LogP contribution in [0.3, 0.4) is 0 Å². The highest BCUT2D eigenvalue weighted by molar-refractivity contribution is 6.35. The summed E-state index contributed by atoms with van der Waals surface area (Å²) < 4.78 is 0. The molecule has 0 atom stereocenters. The second-order valence-electron chi connectivity index (χ2n) is 3.84. The largest absolute Gasteiger partial charge is 0.504 e.